The maximum Gasteiger partial charge on any atom is 0.421 e. The zero-order chi connectivity index (χ0) is 20.9. The van der Waals surface area contributed by atoms with Gasteiger partial charge < -0.3 is 15.4 Å². The third-order valence-electron chi connectivity index (χ3n) is 4.17. The highest BCUT2D eigenvalue weighted by Gasteiger charge is 2.35. The van der Waals surface area contributed by atoms with Gasteiger partial charge in [0.25, 0.3) is 0 Å². The molecule has 0 saturated carbocycles. The van der Waals surface area contributed by atoms with E-state index in [4.69, 9.17) is 4.74 Å². The number of halogens is 3. The minimum Gasteiger partial charge on any atom is -0.489 e. The first kappa shape index (κ1) is 20.4. The third-order valence-corrected chi connectivity index (χ3v) is 4.17. The van der Waals surface area contributed by atoms with Crippen LogP contribution in [0.15, 0.2) is 60.8 Å². The largest absolute Gasteiger partial charge is 0.489 e. The summed E-state index contributed by atoms with van der Waals surface area (Å²) in [6.07, 6.45) is -3.17. The molecule has 5 nitrogen and oxygen atoms in total. The number of anilines is 4. The van der Waals surface area contributed by atoms with Crippen molar-refractivity contribution in [3.05, 3.63) is 66.4 Å². The lowest BCUT2D eigenvalue weighted by molar-refractivity contribution is -0.137. The predicted octanol–water partition coefficient (Wildman–Crippen LogP) is 6.16. The van der Waals surface area contributed by atoms with Crippen molar-refractivity contribution in [2.24, 2.45) is 0 Å². The summed E-state index contributed by atoms with van der Waals surface area (Å²) in [7, 11) is 0. The normalized spacial score (nSPS) is 12.3. The molecule has 0 bridgehead atoms. The average Bonchev–Trinajstić information content (AvgIpc) is 2.69. The monoisotopic (exact) mass is 402 g/mol. The smallest absolute Gasteiger partial charge is 0.421 e. The van der Waals surface area contributed by atoms with Gasteiger partial charge in [-0.15, -0.1) is 0 Å². The van der Waals surface area contributed by atoms with Crippen molar-refractivity contribution >= 4 is 23.1 Å². The first-order valence-corrected chi connectivity index (χ1v) is 9.16. The van der Waals surface area contributed by atoms with Crippen LogP contribution in [0.1, 0.15) is 25.8 Å². The van der Waals surface area contributed by atoms with E-state index in [2.05, 4.69) is 20.6 Å². The molecule has 0 saturated heterocycles. The molecule has 3 rings (SSSR count). The molecule has 0 aliphatic rings. The molecule has 1 atom stereocenters. The van der Waals surface area contributed by atoms with Crippen LogP contribution in [0.25, 0.3) is 0 Å². The Kier molecular flexibility index (Phi) is 6.21. The number of para-hydroxylation sites is 3. The van der Waals surface area contributed by atoms with Gasteiger partial charge in [0.05, 0.1) is 11.8 Å². The summed E-state index contributed by atoms with van der Waals surface area (Å²) in [5.74, 6) is 0.143. The fourth-order valence-corrected chi connectivity index (χ4v) is 2.50. The summed E-state index contributed by atoms with van der Waals surface area (Å²) < 4.78 is 46.3. The average molecular weight is 402 g/mol. The minimum atomic E-state index is -4.61. The Morgan fingerprint density at radius 3 is 2.38 bits per heavy atom. The Labute approximate surface area is 167 Å². The summed E-state index contributed by atoms with van der Waals surface area (Å²) >= 11 is 0. The molecule has 29 heavy (non-hydrogen) atoms. The third kappa shape index (κ3) is 5.37. The number of rotatable bonds is 7. The quantitative estimate of drug-likeness (QED) is 0.496. The maximum absolute atomic E-state index is 13.5. The van der Waals surface area contributed by atoms with Gasteiger partial charge in [-0.1, -0.05) is 37.3 Å². The molecular formula is C21H21F3N4O. The Morgan fingerprint density at radius 1 is 1.00 bits per heavy atom. The van der Waals surface area contributed by atoms with Crippen molar-refractivity contribution in [3.8, 4) is 5.75 Å². The number of nitrogens with zero attached hydrogens (tertiary/aromatic N) is 2. The van der Waals surface area contributed by atoms with Crippen molar-refractivity contribution in [2.75, 3.05) is 10.6 Å². The predicted molar refractivity (Wildman–Crippen MR) is 107 cm³/mol. The summed E-state index contributed by atoms with van der Waals surface area (Å²) in [4.78, 5) is 7.87. The highest BCUT2D eigenvalue weighted by atomic mass is 19.4. The molecule has 3 aromatic rings. The van der Waals surface area contributed by atoms with E-state index in [0.29, 0.717) is 17.1 Å². The fourth-order valence-electron chi connectivity index (χ4n) is 2.50. The van der Waals surface area contributed by atoms with E-state index in [0.717, 1.165) is 12.6 Å². The highest BCUT2D eigenvalue weighted by molar-refractivity contribution is 5.67. The number of ether oxygens (including phenoxy) is 1. The molecule has 0 aliphatic heterocycles. The Hall–Kier alpha value is -3.29. The number of nitrogens with one attached hydrogen (secondary N) is 2. The summed E-state index contributed by atoms with van der Waals surface area (Å²) in [5, 5.41) is 5.67. The number of hydrogen-bond acceptors (Lipinski definition) is 5. The molecule has 1 heterocycles. The van der Waals surface area contributed by atoms with Crippen molar-refractivity contribution in [3.63, 3.8) is 0 Å². The van der Waals surface area contributed by atoms with Gasteiger partial charge >= 0.3 is 6.18 Å². The molecule has 0 amide bonds. The molecule has 2 aromatic carbocycles. The topological polar surface area (TPSA) is 59.1 Å². The molecule has 2 N–H and O–H groups in total. The van der Waals surface area contributed by atoms with Gasteiger partial charge in [0, 0.05) is 11.9 Å². The zero-order valence-corrected chi connectivity index (χ0v) is 16.0. The van der Waals surface area contributed by atoms with Gasteiger partial charge in [-0.3, -0.25) is 0 Å². The van der Waals surface area contributed by atoms with Crippen LogP contribution >= 0.6 is 0 Å². The lowest BCUT2D eigenvalue weighted by Crippen LogP contribution is -2.14. The molecule has 0 fully saturated rings. The van der Waals surface area contributed by atoms with Crippen molar-refractivity contribution in [1.29, 1.82) is 0 Å². The minimum absolute atomic E-state index is 0.0482. The van der Waals surface area contributed by atoms with Crippen LogP contribution in [-0.2, 0) is 6.18 Å². The second-order valence-corrected chi connectivity index (χ2v) is 6.40. The number of alkyl halides is 3. The van der Waals surface area contributed by atoms with Gasteiger partial charge in [0.1, 0.15) is 17.1 Å². The fraction of sp³-hybridized carbons (Fsp3) is 0.238. The summed E-state index contributed by atoms with van der Waals surface area (Å²) in [5.41, 5.74) is 0.0934. The molecular weight excluding hydrogens is 381 g/mol. The second-order valence-electron chi connectivity index (χ2n) is 6.40. The molecule has 0 radical (unpaired) electrons. The molecule has 1 aromatic heterocycles. The lowest BCUT2D eigenvalue weighted by atomic mass is 10.2. The Balaban J connectivity index is 1.95. The second kappa shape index (κ2) is 8.81. The van der Waals surface area contributed by atoms with Gasteiger partial charge in [0.15, 0.2) is 0 Å². The van der Waals surface area contributed by atoms with Crippen LogP contribution in [0.3, 0.4) is 0 Å². The Morgan fingerprint density at radius 2 is 1.69 bits per heavy atom. The van der Waals surface area contributed by atoms with Crippen LogP contribution < -0.4 is 15.4 Å². The molecule has 152 valence electrons. The summed E-state index contributed by atoms with van der Waals surface area (Å²) in [6.45, 7) is 3.86. The molecule has 0 aliphatic carbocycles. The zero-order valence-electron chi connectivity index (χ0n) is 16.0. The van der Waals surface area contributed by atoms with E-state index in [9.17, 15) is 13.2 Å². The number of hydrogen-bond donors (Lipinski definition) is 2. The van der Waals surface area contributed by atoms with Crippen LogP contribution in [-0.4, -0.2) is 16.1 Å². The van der Waals surface area contributed by atoms with Crippen molar-refractivity contribution < 1.29 is 17.9 Å². The summed E-state index contributed by atoms with van der Waals surface area (Å²) in [6, 6.07) is 15.8. The SMILES string of the molecule is CCC(C)Oc1ccccc1Nc1nc(Nc2ccccc2)ncc1C(F)(F)F. The van der Waals surface area contributed by atoms with E-state index in [1.165, 1.54) is 0 Å². The highest BCUT2D eigenvalue weighted by Crippen LogP contribution is 2.37. The van der Waals surface area contributed by atoms with E-state index in [-0.39, 0.29) is 17.9 Å². The van der Waals surface area contributed by atoms with Gasteiger partial charge in [0.2, 0.25) is 5.95 Å². The molecule has 1 unspecified atom stereocenters. The number of aromatic nitrogens is 2. The van der Waals surface area contributed by atoms with Crippen LogP contribution in [0.4, 0.5) is 36.3 Å². The van der Waals surface area contributed by atoms with Crippen LogP contribution in [0, 0.1) is 0 Å². The van der Waals surface area contributed by atoms with Crippen LogP contribution in [0.5, 0.6) is 5.75 Å². The van der Waals surface area contributed by atoms with E-state index in [1.807, 2.05) is 19.9 Å². The number of benzene rings is 2. The van der Waals surface area contributed by atoms with Crippen LogP contribution in [0.2, 0.25) is 0 Å². The van der Waals surface area contributed by atoms with Crippen molar-refractivity contribution in [2.45, 2.75) is 32.5 Å². The molecule has 8 heteroatoms. The van der Waals surface area contributed by atoms with Gasteiger partial charge in [-0.05, 0) is 37.6 Å². The van der Waals surface area contributed by atoms with Crippen molar-refractivity contribution in [1.82, 2.24) is 9.97 Å². The first-order chi connectivity index (χ1) is 13.9. The molecule has 0 spiro atoms. The van der Waals surface area contributed by atoms with Gasteiger partial charge in [-0.25, -0.2) is 4.98 Å². The lowest BCUT2D eigenvalue weighted by Gasteiger charge is -2.19. The first-order valence-electron chi connectivity index (χ1n) is 9.16. The van der Waals surface area contributed by atoms with E-state index >= 15 is 0 Å². The van der Waals surface area contributed by atoms with E-state index < -0.39 is 11.7 Å². The van der Waals surface area contributed by atoms with Gasteiger partial charge in [-0.2, -0.15) is 18.2 Å². The Bertz CT molecular complexity index is 948. The van der Waals surface area contributed by atoms with E-state index in [1.54, 1.807) is 48.5 Å². The standard InChI is InChI=1S/C21H21F3N4O/c1-3-14(2)29-18-12-8-7-11-17(18)27-19-16(21(22,23)24)13-25-20(28-19)26-15-9-5-4-6-10-15/h4-14H,3H2,1-2H3,(H2,25,26,27,28). The maximum atomic E-state index is 13.5.